The first-order valence-electron chi connectivity index (χ1n) is 6.50. The number of rotatable bonds is 2. The van der Waals surface area contributed by atoms with Crippen molar-refractivity contribution in [2.24, 2.45) is 0 Å². The van der Waals surface area contributed by atoms with E-state index in [1.807, 2.05) is 11.3 Å². The fourth-order valence-electron chi connectivity index (χ4n) is 2.24. The van der Waals surface area contributed by atoms with Gasteiger partial charge in [-0.05, 0) is 24.5 Å². The third-order valence-corrected chi connectivity index (χ3v) is 4.73. The SMILES string of the molecule is C[C@@H]1CN(Cc2ccc(C(C)(C)C)s2)CCN1. The predicted octanol–water partition coefficient (Wildman–Crippen LogP) is 2.84. The second-order valence-electron chi connectivity index (χ2n) is 6.11. The number of hydrogen-bond donors (Lipinski definition) is 1. The van der Waals surface area contributed by atoms with Gasteiger partial charge in [0.15, 0.2) is 0 Å². The molecule has 0 amide bonds. The highest BCUT2D eigenvalue weighted by molar-refractivity contribution is 7.12. The molecule has 2 heterocycles. The maximum absolute atomic E-state index is 3.49. The van der Waals surface area contributed by atoms with Crippen molar-refractivity contribution >= 4 is 11.3 Å². The molecule has 96 valence electrons. The topological polar surface area (TPSA) is 15.3 Å². The second-order valence-corrected chi connectivity index (χ2v) is 7.27. The van der Waals surface area contributed by atoms with Crippen LogP contribution in [0.2, 0.25) is 0 Å². The van der Waals surface area contributed by atoms with Crippen molar-refractivity contribution in [2.45, 2.75) is 45.7 Å². The average molecular weight is 252 g/mol. The third kappa shape index (κ3) is 3.54. The van der Waals surface area contributed by atoms with Crippen LogP contribution in [-0.4, -0.2) is 30.6 Å². The van der Waals surface area contributed by atoms with E-state index in [4.69, 9.17) is 0 Å². The minimum atomic E-state index is 0.291. The van der Waals surface area contributed by atoms with Gasteiger partial charge in [0.2, 0.25) is 0 Å². The molecular formula is C14H24N2S. The summed E-state index contributed by atoms with van der Waals surface area (Å²) in [5.74, 6) is 0. The monoisotopic (exact) mass is 252 g/mol. The van der Waals surface area contributed by atoms with E-state index in [9.17, 15) is 0 Å². The summed E-state index contributed by atoms with van der Waals surface area (Å²) in [4.78, 5) is 5.55. The Balaban J connectivity index is 1.97. The lowest BCUT2D eigenvalue weighted by Crippen LogP contribution is -2.48. The zero-order chi connectivity index (χ0) is 12.5. The first-order chi connectivity index (χ1) is 7.95. The molecule has 2 nitrogen and oxygen atoms in total. The molecule has 2 rings (SSSR count). The first kappa shape index (κ1) is 13.1. The Morgan fingerprint density at radius 1 is 1.41 bits per heavy atom. The summed E-state index contributed by atoms with van der Waals surface area (Å²) in [5, 5.41) is 3.49. The van der Waals surface area contributed by atoms with Crippen molar-refractivity contribution < 1.29 is 0 Å². The van der Waals surface area contributed by atoms with Crippen LogP contribution in [0.25, 0.3) is 0 Å². The number of hydrogen-bond acceptors (Lipinski definition) is 3. The quantitative estimate of drug-likeness (QED) is 0.871. The van der Waals surface area contributed by atoms with Crippen LogP contribution < -0.4 is 5.32 Å². The number of thiophene rings is 1. The van der Waals surface area contributed by atoms with Gasteiger partial charge in [0, 0.05) is 42.0 Å². The molecule has 0 bridgehead atoms. The minimum Gasteiger partial charge on any atom is -0.312 e. The van der Waals surface area contributed by atoms with E-state index in [1.54, 1.807) is 0 Å². The van der Waals surface area contributed by atoms with Crippen LogP contribution in [0.15, 0.2) is 12.1 Å². The number of nitrogens with zero attached hydrogens (tertiary/aromatic N) is 1. The van der Waals surface area contributed by atoms with Crippen molar-refractivity contribution in [1.82, 2.24) is 10.2 Å². The zero-order valence-corrected chi connectivity index (χ0v) is 12.2. The van der Waals surface area contributed by atoms with Gasteiger partial charge in [0.1, 0.15) is 0 Å². The lowest BCUT2D eigenvalue weighted by atomic mass is 9.95. The number of nitrogens with one attached hydrogen (secondary N) is 1. The van der Waals surface area contributed by atoms with Gasteiger partial charge >= 0.3 is 0 Å². The molecular weight excluding hydrogens is 228 g/mol. The van der Waals surface area contributed by atoms with Crippen LogP contribution in [-0.2, 0) is 12.0 Å². The van der Waals surface area contributed by atoms with Crippen molar-refractivity contribution in [3.05, 3.63) is 21.9 Å². The molecule has 0 radical (unpaired) electrons. The molecule has 1 aliphatic heterocycles. The van der Waals surface area contributed by atoms with Gasteiger partial charge in [-0.15, -0.1) is 11.3 Å². The van der Waals surface area contributed by atoms with Gasteiger partial charge in [0.05, 0.1) is 0 Å². The van der Waals surface area contributed by atoms with Crippen molar-refractivity contribution in [1.29, 1.82) is 0 Å². The summed E-state index contributed by atoms with van der Waals surface area (Å²) in [6.45, 7) is 13.7. The highest BCUT2D eigenvalue weighted by Crippen LogP contribution is 2.30. The van der Waals surface area contributed by atoms with E-state index in [0.717, 1.165) is 13.1 Å². The Hall–Kier alpha value is -0.380. The van der Waals surface area contributed by atoms with Crippen molar-refractivity contribution in [3.8, 4) is 0 Å². The smallest absolute Gasteiger partial charge is 0.0329 e. The summed E-state index contributed by atoms with van der Waals surface area (Å²) in [6.07, 6.45) is 0. The second kappa shape index (κ2) is 5.09. The maximum Gasteiger partial charge on any atom is 0.0329 e. The standard InChI is InChI=1S/C14H24N2S/c1-11-9-16(8-7-15-11)10-12-5-6-13(17-12)14(2,3)4/h5-6,11,15H,7-10H2,1-4H3/t11-/m1/s1. The van der Waals surface area contributed by atoms with Gasteiger partial charge in [-0.25, -0.2) is 0 Å². The van der Waals surface area contributed by atoms with Crippen molar-refractivity contribution in [2.75, 3.05) is 19.6 Å². The normalized spacial score (nSPS) is 22.9. The van der Waals surface area contributed by atoms with Gasteiger partial charge in [-0.2, -0.15) is 0 Å². The van der Waals surface area contributed by atoms with Crippen LogP contribution in [0.3, 0.4) is 0 Å². The molecule has 1 N–H and O–H groups in total. The van der Waals surface area contributed by atoms with E-state index in [1.165, 1.54) is 22.8 Å². The Kier molecular flexibility index (Phi) is 3.91. The molecule has 1 atom stereocenters. The Morgan fingerprint density at radius 3 is 2.76 bits per heavy atom. The first-order valence-corrected chi connectivity index (χ1v) is 7.32. The average Bonchev–Trinajstić information content (AvgIpc) is 2.65. The molecule has 0 unspecified atom stereocenters. The molecule has 3 heteroatoms. The van der Waals surface area contributed by atoms with Gasteiger partial charge in [-0.1, -0.05) is 20.8 Å². The summed E-state index contributed by atoms with van der Waals surface area (Å²) < 4.78 is 0. The van der Waals surface area contributed by atoms with E-state index >= 15 is 0 Å². The predicted molar refractivity (Wildman–Crippen MR) is 75.8 cm³/mol. The maximum atomic E-state index is 3.49. The van der Waals surface area contributed by atoms with E-state index < -0.39 is 0 Å². The van der Waals surface area contributed by atoms with Gasteiger partial charge < -0.3 is 5.32 Å². The molecule has 0 aliphatic carbocycles. The van der Waals surface area contributed by atoms with Crippen LogP contribution in [0.4, 0.5) is 0 Å². The Bertz CT molecular complexity index is 365. The molecule has 1 aromatic rings. The molecule has 1 aromatic heterocycles. The molecule has 1 fully saturated rings. The van der Waals surface area contributed by atoms with Crippen LogP contribution >= 0.6 is 11.3 Å². The Labute approximate surface area is 109 Å². The molecule has 1 aliphatic rings. The van der Waals surface area contributed by atoms with Crippen molar-refractivity contribution in [3.63, 3.8) is 0 Å². The largest absolute Gasteiger partial charge is 0.312 e. The lowest BCUT2D eigenvalue weighted by molar-refractivity contribution is 0.201. The lowest BCUT2D eigenvalue weighted by Gasteiger charge is -2.31. The fraction of sp³-hybridized carbons (Fsp3) is 0.714. The zero-order valence-electron chi connectivity index (χ0n) is 11.4. The van der Waals surface area contributed by atoms with Crippen LogP contribution in [0, 0.1) is 0 Å². The highest BCUT2D eigenvalue weighted by atomic mass is 32.1. The molecule has 1 saturated heterocycles. The molecule has 17 heavy (non-hydrogen) atoms. The minimum absolute atomic E-state index is 0.291. The summed E-state index contributed by atoms with van der Waals surface area (Å²) >= 11 is 1.97. The molecule has 0 spiro atoms. The number of piperazine rings is 1. The van der Waals surface area contributed by atoms with Gasteiger partial charge in [0.25, 0.3) is 0 Å². The van der Waals surface area contributed by atoms with Gasteiger partial charge in [-0.3, -0.25) is 4.90 Å². The fourth-order valence-corrected chi connectivity index (χ4v) is 3.35. The van der Waals surface area contributed by atoms with Crippen LogP contribution in [0.1, 0.15) is 37.4 Å². The summed E-state index contributed by atoms with van der Waals surface area (Å²) in [7, 11) is 0. The van der Waals surface area contributed by atoms with E-state index in [2.05, 4.69) is 50.0 Å². The van der Waals surface area contributed by atoms with Crippen LogP contribution in [0.5, 0.6) is 0 Å². The Morgan fingerprint density at radius 2 is 2.18 bits per heavy atom. The van der Waals surface area contributed by atoms with E-state index in [-0.39, 0.29) is 0 Å². The summed E-state index contributed by atoms with van der Waals surface area (Å²) in [6, 6.07) is 5.23. The summed E-state index contributed by atoms with van der Waals surface area (Å²) in [5.41, 5.74) is 0.291. The molecule has 0 saturated carbocycles. The highest BCUT2D eigenvalue weighted by Gasteiger charge is 2.19. The van der Waals surface area contributed by atoms with E-state index in [0.29, 0.717) is 11.5 Å². The molecule has 0 aromatic carbocycles. The third-order valence-electron chi connectivity index (χ3n) is 3.23.